The molecule has 1 N–H and O–H groups in total. The predicted octanol–water partition coefficient (Wildman–Crippen LogP) is 5.39. The smallest absolute Gasteiger partial charge is 0.405 e. The van der Waals surface area contributed by atoms with Crippen LogP contribution in [0.25, 0.3) is 16.6 Å². The Morgan fingerprint density at radius 3 is 2.53 bits per heavy atom. The van der Waals surface area contributed by atoms with Gasteiger partial charge in [-0.25, -0.2) is 9.07 Å². The maximum absolute atomic E-state index is 13.9. The van der Waals surface area contributed by atoms with Crippen molar-refractivity contribution in [3.8, 4) is 11.4 Å². The van der Waals surface area contributed by atoms with E-state index in [0.717, 1.165) is 28.6 Å². The standard InChI is InChI=1S/C21H16F4N2O2S/c22-13-20(28,10-18-9-17(12-30-18)29-21(23,24)25)15-6-7-19-14(8-15)11-26-27(19)16-4-2-1-3-5-16/h1-9,11-12,28H,10,13H2. The molecule has 0 bridgehead atoms. The minimum Gasteiger partial charge on any atom is -0.405 e. The molecule has 4 aromatic rings. The molecule has 0 radical (unpaired) electrons. The molecule has 0 aliphatic rings. The van der Waals surface area contributed by atoms with Crippen molar-refractivity contribution in [1.82, 2.24) is 9.78 Å². The normalized spacial score (nSPS) is 14.0. The number of aliphatic hydroxyl groups is 1. The van der Waals surface area contributed by atoms with Gasteiger partial charge in [-0.3, -0.25) is 0 Å². The maximum Gasteiger partial charge on any atom is 0.573 e. The zero-order valence-electron chi connectivity index (χ0n) is 15.4. The van der Waals surface area contributed by atoms with Crippen molar-refractivity contribution in [3.05, 3.63) is 76.6 Å². The molecule has 2 aromatic carbocycles. The number of ether oxygens (including phenoxy) is 1. The zero-order valence-corrected chi connectivity index (χ0v) is 16.3. The van der Waals surface area contributed by atoms with Gasteiger partial charge in [-0.1, -0.05) is 24.3 Å². The van der Waals surface area contributed by atoms with Gasteiger partial charge in [0.1, 0.15) is 18.0 Å². The Balaban J connectivity index is 1.62. The molecule has 1 atom stereocenters. The third-order valence-electron chi connectivity index (χ3n) is 4.66. The first-order valence-corrected chi connectivity index (χ1v) is 9.81. The van der Waals surface area contributed by atoms with Crippen molar-refractivity contribution in [3.63, 3.8) is 0 Å². The van der Waals surface area contributed by atoms with Gasteiger partial charge in [-0.2, -0.15) is 5.10 Å². The summed E-state index contributed by atoms with van der Waals surface area (Å²) in [6, 6.07) is 15.6. The molecule has 156 valence electrons. The van der Waals surface area contributed by atoms with Gasteiger partial charge in [0.25, 0.3) is 0 Å². The number of aromatic nitrogens is 2. The molecule has 2 heterocycles. The summed E-state index contributed by atoms with van der Waals surface area (Å²) >= 11 is 0.964. The van der Waals surface area contributed by atoms with Crippen LogP contribution in [0, 0.1) is 0 Å². The van der Waals surface area contributed by atoms with E-state index in [4.69, 9.17) is 0 Å². The molecule has 4 nitrogen and oxygen atoms in total. The van der Waals surface area contributed by atoms with Gasteiger partial charge < -0.3 is 9.84 Å². The molecule has 30 heavy (non-hydrogen) atoms. The Labute approximate surface area is 173 Å². The van der Waals surface area contributed by atoms with Crippen molar-refractivity contribution in [2.75, 3.05) is 6.67 Å². The average molecular weight is 436 g/mol. The zero-order chi connectivity index (χ0) is 21.4. The highest BCUT2D eigenvalue weighted by Gasteiger charge is 2.34. The lowest BCUT2D eigenvalue weighted by atomic mass is 9.90. The first-order chi connectivity index (χ1) is 14.3. The summed E-state index contributed by atoms with van der Waals surface area (Å²) < 4.78 is 56.5. The van der Waals surface area contributed by atoms with Crippen molar-refractivity contribution in [1.29, 1.82) is 0 Å². The van der Waals surface area contributed by atoms with Crippen LogP contribution in [0.15, 0.2) is 66.2 Å². The molecule has 0 saturated heterocycles. The number of benzene rings is 2. The van der Waals surface area contributed by atoms with Gasteiger partial charge >= 0.3 is 6.36 Å². The summed E-state index contributed by atoms with van der Waals surface area (Å²) in [7, 11) is 0. The number of thiophene rings is 1. The lowest BCUT2D eigenvalue weighted by Crippen LogP contribution is -2.30. The first-order valence-electron chi connectivity index (χ1n) is 8.93. The highest BCUT2D eigenvalue weighted by Crippen LogP contribution is 2.34. The molecule has 1 unspecified atom stereocenters. The second-order valence-electron chi connectivity index (χ2n) is 6.80. The summed E-state index contributed by atoms with van der Waals surface area (Å²) in [5.41, 5.74) is 0.0698. The quantitative estimate of drug-likeness (QED) is 0.413. The minimum absolute atomic E-state index is 0.187. The first kappa shape index (κ1) is 20.4. The fourth-order valence-electron chi connectivity index (χ4n) is 3.25. The van der Waals surface area contributed by atoms with Gasteiger partial charge in [0.15, 0.2) is 0 Å². The van der Waals surface area contributed by atoms with E-state index >= 15 is 0 Å². The average Bonchev–Trinajstić information content (AvgIpc) is 3.33. The van der Waals surface area contributed by atoms with E-state index in [9.17, 15) is 22.7 Å². The molecule has 0 fully saturated rings. The molecule has 0 spiro atoms. The van der Waals surface area contributed by atoms with Crippen molar-refractivity contribution in [2.24, 2.45) is 0 Å². The van der Waals surface area contributed by atoms with Crippen LogP contribution in [-0.4, -0.2) is 27.9 Å². The van der Waals surface area contributed by atoms with E-state index in [1.807, 2.05) is 30.3 Å². The van der Waals surface area contributed by atoms with Crippen LogP contribution in [-0.2, 0) is 12.0 Å². The highest BCUT2D eigenvalue weighted by molar-refractivity contribution is 7.10. The fraction of sp³-hybridized carbons (Fsp3) is 0.190. The van der Waals surface area contributed by atoms with E-state index in [1.54, 1.807) is 29.1 Å². The lowest BCUT2D eigenvalue weighted by molar-refractivity contribution is -0.274. The summed E-state index contributed by atoms with van der Waals surface area (Å²) in [5.74, 6) is -0.386. The van der Waals surface area contributed by atoms with Crippen molar-refractivity contribution in [2.45, 2.75) is 18.4 Å². The predicted molar refractivity (Wildman–Crippen MR) is 106 cm³/mol. The molecule has 0 aliphatic carbocycles. The molecule has 9 heteroatoms. The maximum atomic E-state index is 13.9. The summed E-state index contributed by atoms with van der Waals surface area (Å²) in [6.45, 7) is -1.10. The molecule has 0 amide bonds. The van der Waals surface area contributed by atoms with E-state index in [-0.39, 0.29) is 12.2 Å². The number of para-hydroxylation sites is 1. The number of halogens is 4. The van der Waals surface area contributed by atoms with Crippen LogP contribution in [0.2, 0.25) is 0 Å². The number of alkyl halides is 4. The lowest BCUT2D eigenvalue weighted by Gasteiger charge is -2.25. The molecule has 0 aliphatic heterocycles. The monoisotopic (exact) mass is 436 g/mol. The Kier molecular flexibility index (Phi) is 5.25. The number of hydrogen-bond donors (Lipinski definition) is 1. The van der Waals surface area contributed by atoms with Crippen LogP contribution >= 0.6 is 11.3 Å². The van der Waals surface area contributed by atoms with E-state index < -0.39 is 18.6 Å². The van der Waals surface area contributed by atoms with Gasteiger partial charge in [-0.15, -0.1) is 24.5 Å². The topological polar surface area (TPSA) is 47.3 Å². The molecular weight excluding hydrogens is 420 g/mol. The number of fused-ring (bicyclic) bond motifs is 1. The SMILES string of the molecule is OC(CF)(Cc1cc(OC(F)(F)F)cs1)c1ccc2c(cnn2-c2ccccc2)c1. The molecule has 4 rings (SSSR count). The minimum atomic E-state index is -4.81. The van der Waals surface area contributed by atoms with Crippen LogP contribution in [0.1, 0.15) is 10.4 Å². The fourth-order valence-corrected chi connectivity index (χ4v) is 4.14. The van der Waals surface area contributed by atoms with Gasteiger partial charge in [-0.05, 0) is 35.9 Å². The number of rotatable bonds is 6. The summed E-state index contributed by atoms with van der Waals surface area (Å²) in [6.07, 6.45) is -3.38. The third kappa shape index (κ3) is 4.17. The van der Waals surface area contributed by atoms with Gasteiger partial charge in [0, 0.05) is 22.1 Å². The Morgan fingerprint density at radius 1 is 1.07 bits per heavy atom. The van der Waals surface area contributed by atoms with Crippen LogP contribution in [0.4, 0.5) is 17.6 Å². The Morgan fingerprint density at radius 2 is 1.83 bits per heavy atom. The van der Waals surface area contributed by atoms with E-state index in [1.165, 1.54) is 5.38 Å². The van der Waals surface area contributed by atoms with E-state index in [0.29, 0.717) is 15.8 Å². The van der Waals surface area contributed by atoms with Crippen LogP contribution < -0.4 is 4.74 Å². The largest absolute Gasteiger partial charge is 0.573 e. The third-order valence-corrected chi connectivity index (χ3v) is 5.57. The van der Waals surface area contributed by atoms with Gasteiger partial charge in [0.2, 0.25) is 0 Å². The molecule has 0 saturated carbocycles. The number of hydrogen-bond acceptors (Lipinski definition) is 4. The van der Waals surface area contributed by atoms with Crippen molar-refractivity contribution >= 4 is 22.2 Å². The molecule has 2 aromatic heterocycles. The highest BCUT2D eigenvalue weighted by atomic mass is 32.1. The second kappa shape index (κ2) is 7.73. The van der Waals surface area contributed by atoms with Crippen LogP contribution in [0.5, 0.6) is 5.75 Å². The van der Waals surface area contributed by atoms with E-state index in [2.05, 4.69) is 9.84 Å². The second-order valence-corrected chi connectivity index (χ2v) is 7.80. The Bertz CT molecular complexity index is 1160. The van der Waals surface area contributed by atoms with Crippen molar-refractivity contribution < 1.29 is 27.4 Å². The molecular formula is C21H16F4N2O2S. The van der Waals surface area contributed by atoms with Crippen LogP contribution in [0.3, 0.4) is 0 Å². The summed E-state index contributed by atoms with van der Waals surface area (Å²) in [4.78, 5) is 0.370. The number of nitrogens with zero attached hydrogens (tertiary/aromatic N) is 2. The summed E-state index contributed by atoms with van der Waals surface area (Å²) in [5, 5.41) is 17.1. The van der Waals surface area contributed by atoms with Gasteiger partial charge in [0.05, 0.1) is 17.4 Å². The Hall–Kier alpha value is -2.91.